The summed E-state index contributed by atoms with van der Waals surface area (Å²) in [6.07, 6.45) is 1.72. The number of morpholine rings is 1. The molecule has 7 heteroatoms. The number of nitrogens with one attached hydrogen (secondary N) is 1. The number of aromatic nitrogens is 1. The van der Waals surface area contributed by atoms with Crippen LogP contribution in [-0.4, -0.2) is 43.1 Å². The number of nitrogens with two attached hydrogens (primary N) is 1. The van der Waals surface area contributed by atoms with Gasteiger partial charge in [0.1, 0.15) is 0 Å². The number of carbonyl (C=O) groups is 2. The molecule has 3 aromatic carbocycles. The van der Waals surface area contributed by atoms with Crippen LogP contribution in [0.25, 0.3) is 22.0 Å². The van der Waals surface area contributed by atoms with E-state index in [0.29, 0.717) is 35.6 Å². The van der Waals surface area contributed by atoms with Crippen molar-refractivity contribution in [3.8, 4) is 11.1 Å². The molecule has 170 valence electrons. The van der Waals surface area contributed by atoms with E-state index in [2.05, 4.69) is 15.2 Å². The quantitative estimate of drug-likeness (QED) is 0.475. The molecule has 2 amide bonds. The Morgan fingerprint density at radius 3 is 2.59 bits per heavy atom. The molecule has 0 atom stereocenters. The molecular weight excluding hydrogens is 428 g/mol. The van der Waals surface area contributed by atoms with Crippen LogP contribution in [0.2, 0.25) is 0 Å². The Balaban J connectivity index is 1.53. The summed E-state index contributed by atoms with van der Waals surface area (Å²) in [6.45, 7) is 2.93. The lowest BCUT2D eigenvalue weighted by Crippen LogP contribution is -2.36. The van der Waals surface area contributed by atoms with E-state index in [1.54, 1.807) is 36.5 Å². The van der Waals surface area contributed by atoms with Gasteiger partial charge in [0.25, 0.3) is 5.91 Å². The Bertz CT molecular complexity index is 1380. The smallest absolute Gasteiger partial charge is 0.255 e. The summed E-state index contributed by atoms with van der Waals surface area (Å²) >= 11 is 0. The third kappa shape index (κ3) is 4.33. The number of anilines is 2. The minimum atomic E-state index is -0.556. The molecular formula is C27H24N4O3. The zero-order chi connectivity index (χ0) is 23.5. The topological polar surface area (TPSA) is 97.5 Å². The number of pyridine rings is 1. The van der Waals surface area contributed by atoms with Crippen LogP contribution in [0.4, 0.5) is 11.4 Å². The van der Waals surface area contributed by atoms with E-state index in [0.717, 1.165) is 35.2 Å². The summed E-state index contributed by atoms with van der Waals surface area (Å²) in [6, 6.07) is 22.2. The minimum Gasteiger partial charge on any atom is -0.378 e. The number of hydrogen-bond donors (Lipinski definition) is 2. The zero-order valence-corrected chi connectivity index (χ0v) is 18.5. The lowest BCUT2D eigenvalue weighted by atomic mass is 9.96. The van der Waals surface area contributed by atoms with Crippen molar-refractivity contribution in [1.82, 2.24) is 4.98 Å². The van der Waals surface area contributed by atoms with E-state index < -0.39 is 5.91 Å². The Morgan fingerprint density at radius 2 is 1.76 bits per heavy atom. The number of nitrogens with zero attached hydrogens (tertiary/aromatic N) is 2. The first-order valence-corrected chi connectivity index (χ1v) is 11.1. The van der Waals surface area contributed by atoms with Crippen LogP contribution in [0.3, 0.4) is 0 Å². The highest BCUT2D eigenvalue weighted by atomic mass is 16.5. The molecule has 1 aliphatic rings. The maximum Gasteiger partial charge on any atom is 0.255 e. The van der Waals surface area contributed by atoms with Crippen LogP contribution in [0.15, 0.2) is 79.0 Å². The Morgan fingerprint density at radius 1 is 0.941 bits per heavy atom. The van der Waals surface area contributed by atoms with Crippen molar-refractivity contribution in [3.63, 3.8) is 0 Å². The standard InChI is InChI=1S/C27H24N4O3/c28-26(32)22-7-2-8-24(30-27(33)20-9-10-23-18(16-20)5-3-11-29-23)25(22)19-4-1-6-21(17-19)31-12-14-34-15-13-31/h1-11,16-17H,12-15H2,(H2,28,32)(H,30,33). The largest absolute Gasteiger partial charge is 0.378 e. The number of primary amides is 1. The molecule has 7 nitrogen and oxygen atoms in total. The van der Waals surface area contributed by atoms with Crippen LogP contribution in [0.1, 0.15) is 20.7 Å². The molecule has 0 radical (unpaired) electrons. The molecule has 1 aromatic heterocycles. The minimum absolute atomic E-state index is 0.280. The molecule has 0 bridgehead atoms. The van der Waals surface area contributed by atoms with Crippen LogP contribution in [0.5, 0.6) is 0 Å². The van der Waals surface area contributed by atoms with Crippen LogP contribution < -0.4 is 16.0 Å². The van der Waals surface area contributed by atoms with Gasteiger partial charge >= 0.3 is 0 Å². The lowest BCUT2D eigenvalue weighted by molar-refractivity contribution is 0.0997. The van der Waals surface area contributed by atoms with Crippen molar-refractivity contribution in [2.45, 2.75) is 0 Å². The van der Waals surface area contributed by atoms with Crippen LogP contribution >= 0.6 is 0 Å². The third-order valence-electron chi connectivity index (χ3n) is 5.95. The summed E-state index contributed by atoms with van der Waals surface area (Å²) < 4.78 is 5.46. The van der Waals surface area contributed by atoms with E-state index in [1.807, 2.05) is 42.5 Å². The predicted molar refractivity (Wildman–Crippen MR) is 133 cm³/mol. The zero-order valence-electron chi connectivity index (χ0n) is 18.5. The molecule has 0 spiro atoms. The molecule has 1 fully saturated rings. The number of carbonyl (C=O) groups excluding carboxylic acids is 2. The van der Waals surface area contributed by atoms with E-state index in [-0.39, 0.29) is 5.91 Å². The fraction of sp³-hybridized carbons (Fsp3) is 0.148. The third-order valence-corrected chi connectivity index (χ3v) is 5.95. The first-order chi connectivity index (χ1) is 16.6. The second-order valence-corrected chi connectivity index (χ2v) is 8.11. The summed E-state index contributed by atoms with van der Waals surface area (Å²) in [7, 11) is 0. The fourth-order valence-electron chi connectivity index (χ4n) is 4.26. The van der Waals surface area contributed by atoms with Crippen molar-refractivity contribution < 1.29 is 14.3 Å². The molecule has 0 unspecified atom stereocenters. The number of rotatable bonds is 5. The molecule has 0 saturated carbocycles. The first-order valence-electron chi connectivity index (χ1n) is 11.1. The predicted octanol–water partition coefficient (Wildman–Crippen LogP) is 4.09. The van der Waals surface area contributed by atoms with Gasteiger partial charge in [0.05, 0.1) is 18.7 Å². The van der Waals surface area contributed by atoms with Crippen molar-refractivity contribution in [3.05, 3.63) is 90.1 Å². The van der Waals surface area contributed by atoms with Crippen molar-refractivity contribution in [1.29, 1.82) is 0 Å². The highest BCUT2D eigenvalue weighted by molar-refractivity contribution is 6.11. The maximum absolute atomic E-state index is 13.2. The van der Waals surface area contributed by atoms with Gasteiger partial charge in [-0.2, -0.15) is 0 Å². The van der Waals surface area contributed by atoms with Gasteiger partial charge in [-0.15, -0.1) is 0 Å². The molecule has 1 aliphatic heterocycles. The highest BCUT2D eigenvalue weighted by Crippen LogP contribution is 2.34. The first kappa shape index (κ1) is 21.6. The Labute approximate surface area is 197 Å². The van der Waals surface area contributed by atoms with E-state index in [1.165, 1.54) is 0 Å². The van der Waals surface area contributed by atoms with Gasteiger partial charge in [0, 0.05) is 52.7 Å². The average Bonchev–Trinajstić information content (AvgIpc) is 2.88. The molecule has 2 heterocycles. The highest BCUT2D eigenvalue weighted by Gasteiger charge is 2.19. The molecule has 3 N–H and O–H groups in total. The second kappa shape index (κ2) is 9.33. The van der Waals surface area contributed by atoms with Gasteiger partial charge in [0.15, 0.2) is 0 Å². The van der Waals surface area contributed by atoms with Gasteiger partial charge in [-0.1, -0.05) is 24.3 Å². The van der Waals surface area contributed by atoms with Gasteiger partial charge < -0.3 is 20.7 Å². The molecule has 0 aliphatic carbocycles. The van der Waals surface area contributed by atoms with E-state index in [9.17, 15) is 9.59 Å². The fourth-order valence-corrected chi connectivity index (χ4v) is 4.26. The van der Waals surface area contributed by atoms with Crippen LogP contribution in [0, 0.1) is 0 Å². The Hall–Kier alpha value is -4.23. The maximum atomic E-state index is 13.2. The SMILES string of the molecule is NC(=O)c1cccc(NC(=O)c2ccc3ncccc3c2)c1-c1cccc(N2CCOCC2)c1. The van der Waals surface area contributed by atoms with Crippen molar-refractivity contribution in [2.24, 2.45) is 5.73 Å². The molecule has 1 saturated heterocycles. The van der Waals surface area contributed by atoms with E-state index in [4.69, 9.17) is 10.5 Å². The number of benzene rings is 3. The van der Waals surface area contributed by atoms with Gasteiger partial charge in [-0.05, 0) is 54.1 Å². The number of hydrogen-bond acceptors (Lipinski definition) is 5. The van der Waals surface area contributed by atoms with Crippen LogP contribution in [-0.2, 0) is 4.74 Å². The Kier molecular flexibility index (Phi) is 5.93. The summed E-state index contributed by atoms with van der Waals surface area (Å²) in [5.41, 5.74) is 10.3. The molecule has 4 aromatic rings. The molecule has 5 rings (SSSR count). The van der Waals surface area contributed by atoms with Gasteiger partial charge in [-0.25, -0.2) is 0 Å². The van der Waals surface area contributed by atoms with Gasteiger partial charge in [0.2, 0.25) is 5.91 Å². The van der Waals surface area contributed by atoms with Gasteiger partial charge in [-0.3, -0.25) is 14.6 Å². The second-order valence-electron chi connectivity index (χ2n) is 8.11. The van der Waals surface area contributed by atoms with E-state index >= 15 is 0 Å². The molecule has 34 heavy (non-hydrogen) atoms. The summed E-state index contributed by atoms with van der Waals surface area (Å²) in [4.78, 5) is 32.0. The number of fused-ring (bicyclic) bond motifs is 1. The van der Waals surface area contributed by atoms with Crippen molar-refractivity contribution in [2.75, 3.05) is 36.5 Å². The monoisotopic (exact) mass is 452 g/mol. The summed E-state index contributed by atoms with van der Waals surface area (Å²) in [5.74, 6) is -0.836. The number of amides is 2. The lowest BCUT2D eigenvalue weighted by Gasteiger charge is -2.29. The summed E-state index contributed by atoms with van der Waals surface area (Å²) in [5, 5.41) is 3.86. The average molecular weight is 453 g/mol. The van der Waals surface area contributed by atoms with Crippen molar-refractivity contribution >= 4 is 34.1 Å². The number of ether oxygens (including phenoxy) is 1. The normalized spacial score (nSPS) is 13.6.